The average molecular weight is 344 g/mol. The molecule has 0 radical (unpaired) electrons. The first-order valence-electron chi connectivity index (χ1n) is 8.41. The Labute approximate surface area is 145 Å². The maximum atomic E-state index is 13.4. The van der Waals surface area contributed by atoms with E-state index >= 15 is 0 Å². The summed E-state index contributed by atoms with van der Waals surface area (Å²) in [6.45, 7) is 2.27. The molecule has 2 aromatic rings. The number of anilines is 1. The monoisotopic (exact) mass is 344 g/mol. The van der Waals surface area contributed by atoms with E-state index in [1.54, 1.807) is 6.20 Å². The number of rotatable bonds is 5. The molecule has 0 spiro atoms. The van der Waals surface area contributed by atoms with E-state index in [9.17, 15) is 9.18 Å². The van der Waals surface area contributed by atoms with Gasteiger partial charge in [-0.2, -0.15) is 0 Å². The van der Waals surface area contributed by atoms with Gasteiger partial charge < -0.3 is 15.3 Å². The van der Waals surface area contributed by atoms with Crippen molar-refractivity contribution in [3.8, 4) is 11.3 Å². The fraction of sp³-hybridized carbons (Fsp3) is 0.389. The van der Waals surface area contributed by atoms with Crippen LogP contribution in [0, 0.1) is 11.7 Å². The number of aromatic nitrogens is 2. The number of nitrogens with zero attached hydrogens (tertiary/aromatic N) is 3. The summed E-state index contributed by atoms with van der Waals surface area (Å²) in [5.41, 5.74) is 1.37. The summed E-state index contributed by atoms with van der Waals surface area (Å²) < 4.78 is 13.4. The Balaban J connectivity index is 1.60. The number of carbonyl (C=O) groups is 1. The SMILES string of the molecule is O=C(O)NCCC1CCN(c2cccc(-c3cncc(F)c3)n2)CC1. The van der Waals surface area contributed by atoms with E-state index in [1.165, 1.54) is 12.3 Å². The zero-order valence-electron chi connectivity index (χ0n) is 13.9. The minimum atomic E-state index is -0.967. The maximum Gasteiger partial charge on any atom is 0.404 e. The summed E-state index contributed by atoms with van der Waals surface area (Å²) in [6.07, 6.45) is 4.70. The quantitative estimate of drug-likeness (QED) is 0.871. The summed E-state index contributed by atoms with van der Waals surface area (Å²) in [5.74, 6) is 1.03. The van der Waals surface area contributed by atoms with Crippen LogP contribution in [0.5, 0.6) is 0 Å². The third-order valence-electron chi connectivity index (χ3n) is 4.50. The third-order valence-corrected chi connectivity index (χ3v) is 4.50. The van der Waals surface area contributed by atoms with Crippen molar-refractivity contribution >= 4 is 11.9 Å². The van der Waals surface area contributed by atoms with Crippen LogP contribution in [0.3, 0.4) is 0 Å². The number of piperidine rings is 1. The van der Waals surface area contributed by atoms with Crippen LogP contribution in [-0.4, -0.2) is 40.8 Å². The fourth-order valence-electron chi connectivity index (χ4n) is 3.15. The number of nitrogens with one attached hydrogen (secondary N) is 1. The molecule has 1 saturated heterocycles. The molecule has 0 aromatic carbocycles. The molecule has 0 saturated carbocycles. The van der Waals surface area contributed by atoms with Gasteiger partial charge in [0.25, 0.3) is 0 Å². The Hall–Kier alpha value is -2.70. The predicted molar refractivity (Wildman–Crippen MR) is 93.0 cm³/mol. The molecule has 132 valence electrons. The second-order valence-corrected chi connectivity index (χ2v) is 6.22. The van der Waals surface area contributed by atoms with Crippen molar-refractivity contribution in [3.63, 3.8) is 0 Å². The minimum absolute atomic E-state index is 0.375. The number of pyridine rings is 2. The Morgan fingerprint density at radius 3 is 2.84 bits per heavy atom. The molecule has 2 aromatic heterocycles. The lowest BCUT2D eigenvalue weighted by molar-refractivity contribution is 0.193. The van der Waals surface area contributed by atoms with Gasteiger partial charge in [0.15, 0.2) is 0 Å². The predicted octanol–water partition coefficient (Wildman–Crippen LogP) is 3.16. The van der Waals surface area contributed by atoms with Gasteiger partial charge in [-0.05, 0) is 43.4 Å². The van der Waals surface area contributed by atoms with Gasteiger partial charge in [0.2, 0.25) is 0 Å². The van der Waals surface area contributed by atoms with Crippen molar-refractivity contribution < 1.29 is 14.3 Å². The summed E-state index contributed by atoms with van der Waals surface area (Å²) >= 11 is 0. The van der Waals surface area contributed by atoms with Gasteiger partial charge in [-0.15, -0.1) is 0 Å². The van der Waals surface area contributed by atoms with Crippen molar-refractivity contribution in [2.45, 2.75) is 19.3 Å². The first-order valence-corrected chi connectivity index (χ1v) is 8.41. The molecular weight excluding hydrogens is 323 g/mol. The second kappa shape index (κ2) is 7.92. The first-order chi connectivity index (χ1) is 12.1. The molecule has 0 aliphatic carbocycles. The molecule has 6 nitrogen and oxygen atoms in total. The van der Waals surface area contributed by atoms with Gasteiger partial charge in [0, 0.05) is 31.4 Å². The van der Waals surface area contributed by atoms with E-state index in [0.717, 1.165) is 38.2 Å². The highest BCUT2D eigenvalue weighted by molar-refractivity contribution is 5.64. The van der Waals surface area contributed by atoms with Gasteiger partial charge in [-0.25, -0.2) is 14.2 Å². The van der Waals surface area contributed by atoms with Crippen molar-refractivity contribution in [3.05, 3.63) is 42.5 Å². The number of hydrogen-bond donors (Lipinski definition) is 2. The van der Waals surface area contributed by atoms with Crippen LogP contribution < -0.4 is 10.2 Å². The van der Waals surface area contributed by atoms with Crippen LogP contribution in [-0.2, 0) is 0 Å². The van der Waals surface area contributed by atoms with Gasteiger partial charge in [0.1, 0.15) is 11.6 Å². The molecule has 1 fully saturated rings. The molecule has 1 amide bonds. The minimum Gasteiger partial charge on any atom is -0.465 e. The normalized spacial score (nSPS) is 15.2. The van der Waals surface area contributed by atoms with Crippen LogP contribution in [0.15, 0.2) is 36.7 Å². The van der Waals surface area contributed by atoms with Crippen LogP contribution in [0.1, 0.15) is 19.3 Å². The van der Waals surface area contributed by atoms with Crippen molar-refractivity contribution in [2.75, 3.05) is 24.5 Å². The Kier molecular flexibility index (Phi) is 5.42. The molecule has 2 N–H and O–H groups in total. The molecule has 25 heavy (non-hydrogen) atoms. The Bertz CT molecular complexity index is 733. The number of hydrogen-bond acceptors (Lipinski definition) is 4. The number of halogens is 1. The molecule has 0 bridgehead atoms. The van der Waals surface area contributed by atoms with Crippen LogP contribution in [0.4, 0.5) is 15.0 Å². The van der Waals surface area contributed by atoms with Gasteiger partial charge in [-0.1, -0.05) is 6.07 Å². The average Bonchev–Trinajstić information content (AvgIpc) is 2.62. The van der Waals surface area contributed by atoms with Gasteiger partial charge in [0.05, 0.1) is 11.9 Å². The van der Waals surface area contributed by atoms with E-state index in [1.807, 2.05) is 18.2 Å². The van der Waals surface area contributed by atoms with Crippen molar-refractivity contribution in [1.82, 2.24) is 15.3 Å². The maximum absolute atomic E-state index is 13.4. The highest BCUT2D eigenvalue weighted by Gasteiger charge is 2.20. The Morgan fingerprint density at radius 2 is 2.12 bits per heavy atom. The van der Waals surface area contributed by atoms with E-state index in [4.69, 9.17) is 5.11 Å². The zero-order chi connectivity index (χ0) is 17.6. The lowest BCUT2D eigenvalue weighted by atomic mass is 9.93. The lowest BCUT2D eigenvalue weighted by Gasteiger charge is -2.33. The fourth-order valence-corrected chi connectivity index (χ4v) is 3.15. The standard InChI is InChI=1S/C18H21FN4O2/c19-15-10-14(11-20-12-15)16-2-1-3-17(22-16)23-8-5-13(6-9-23)4-7-21-18(24)25/h1-3,10-13,21H,4-9H2,(H,24,25). The van der Waals surface area contributed by atoms with Crippen LogP contribution in [0.25, 0.3) is 11.3 Å². The summed E-state index contributed by atoms with van der Waals surface area (Å²) in [6, 6.07) is 7.17. The molecule has 1 aliphatic heterocycles. The molecule has 3 rings (SSSR count). The largest absolute Gasteiger partial charge is 0.465 e. The Morgan fingerprint density at radius 1 is 1.32 bits per heavy atom. The highest BCUT2D eigenvalue weighted by Crippen LogP contribution is 2.26. The zero-order valence-corrected chi connectivity index (χ0v) is 13.9. The van der Waals surface area contributed by atoms with E-state index in [-0.39, 0.29) is 5.82 Å². The van der Waals surface area contributed by atoms with E-state index in [2.05, 4.69) is 20.2 Å². The van der Waals surface area contributed by atoms with Crippen LogP contribution >= 0.6 is 0 Å². The topological polar surface area (TPSA) is 78.4 Å². The smallest absolute Gasteiger partial charge is 0.404 e. The molecular formula is C18H21FN4O2. The van der Waals surface area contributed by atoms with Gasteiger partial charge in [-0.3, -0.25) is 4.98 Å². The molecule has 3 heterocycles. The lowest BCUT2D eigenvalue weighted by Crippen LogP contribution is -2.35. The third kappa shape index (κ3) is 4.65. The molecule has 0 unspecified atom stereocenters. The number of carboxylic acid groups (broad SMARTS) is 1. The number of amides is 1. The summed E-state index contributed by atoms with van der Waals surface area (Å²) in [7, 11) is 0. The van der Waals surface area contributed by atoms with Gasteiger partial charge >= 0.3 is 6.09 Å². The van der Waals surface area contributed by atoms with Crippen LogP contribution in [0.2, 0.25) is 0 Å². The molecule has 1 aliphatic rings. The summed E-state index contributed by atoms with van der Waals surface area (Å²) in [4.78, 5) is 21.2. The molecule has 0 atom stereocenters. The summed E-state index contributed by atoms with van der Waals surface area (Å²) in [5, 5.41) is 11.0. The van der Waals surface area contributed by atoms with E-state index < -0.39 is 6.09 Å². The van der Waals surface area contributed by atoms with Crippen molar-refractivity contribution in [1.29, 1.82) is 0 Å². The van der Waals surface area contributed by atoms with Crippen molar-refractivity contribution in [2.24, 2.45) is 5.92 Å². The first kappa shape index (κ1) is 17.1. The second-order valence-electron chi connectivity index (χ2n) is 6.22. The molecule has 7 heteroatoms. The highest BCUT2D eigenvalue weighted by atomic mass is 19.1. The van der Waals surface area contributed by atoms with E-state index in [0.29, 0.717) is 23.7 Å².